The standard InChI is InChI=1S/C18H21FN8O2S/c1-26-15(24-25-17(26)20)11-5-7-27(8-6-11)16-13(12-3-4-14(19)21-9-12)10-22-18(23-16)30(2,28)29/h3-4,9-11H,5-8H2,1-2H3,(H2,20,25). The van der Waals surface area contributed by atoms with Gasteiger partial charge in [-0.25, -0.2) is 23.4 Å². The van der Waals surface area contributed by atoms with E-state index in [9.17, 15) is 12.8 Å². The Hall–Kier alpha value is -3.15. The molecule has 2 N–H and O–H groups in total. The molecule has 0 saturated carbocycles. The van der Waals surface area contributed by atoms with Crippen LogP contribution in [0.15, 0.2) is 29.7 Å². The van der Waals surface area contributed by atoms with E-state index >= 15 is 0 Å². The number of hydrogen-bond donors (Lipinski definition) is 1. The summed E-state index contributed by atoms with van der Waals surface area (Å²) in [5.74, 6) is 1.26. The molecule has 3 aromatic heterocycles. The number of sulfone groups is 1. The Morgan fingerprint density at radius 3 is 2.43 bits per heavy atom. The molecule has 10 nitrogen and oxygen atoms in total. The average Bonchev–Trinajstić information content (AvgIpc) is 3.06. The summed E-state index contributed by atoms with van der Waals surface area (Å²) >= 11 is 0. The molecule has 0 radical (unpaired) electrons. The highest BCUT2D eigenvalue weighted by Crippen LogP contribution is 2.34. The predicted octanol–water partition coefficient (Wildman–Crippen LogP) is 1.18. The van der Waals surface area contributed by atoms with E-state index in [1.165, 1.54) is 18.5 Å². The Kier molecular flexibility index (Phi) is 5.10. The Balaban J connectivity index is 1.67. The van der Waals surface area contributed by atoms with E-state index in [1.54, 1.807) is 10.6 Å². The summed E-state index contributed by atoms with van der Waals surface area (Å²) in [6, 6.07) is 2.81. The molecule has 1 aliphatic heterocycles. The smallest absolute Gasteiger partial charge is 0.248 e. The van der Waals surface area contributed by atoms with Crippen molar-refractivity contribution in [3.8, 4) is 11.1 Å². The highest BCUT2D eigenvalue weighted by molar-refractivity contribution is 7.90. The monoisotopic (exact) mass is 432 g/mol. The molecule has 0 bridgehead atoms. The molecule has 1 fully saturated rings. The number of piperidine rings is 1. The second-order valence-corrected chi connectivity index (χ2v) is 9.18. The number of anilines is 2. The maximum atomic E-state index is 13.3. The van der Waals surface area contributed by atoms with Crippen molar-refractivity contribution in [1.82, 2.24) is 29.7 Å². The Labute approximate surface area is 172 Å². The molecule has 1 aliphatic rings. The van der Waals surface area contributed by atoms with Crippen molar-refractivity contribution in [3.05, 3.63) is 36.3 Å². The molecule has 0 atom stereocenters. The van der Waals surface area contributed by atoms with Gasteiger partial charge in [0.25, 0.3) is 0 Å². The van der Waals surface area contributed by atoms with E-state index in [2.05, 4.69) is 25.1 Å². The zero-order chi connectivity index (χ0) is 21.5. The third-order valence-corrected chi connectivity index (χ3v) is 6.08. The fourth-order valence-corrected chi connectivity index (χ4v) is 4.07. The lowest BCUT2D eigenvalue weighted by Gasteiger charge is -2.33. The number of hydrogen-bond acceptors (Lipinski definition) is 9. The Morgan fingerprint density at radius 2 is 1.87 bits per heavy atom. The van der Waals surface area contributed by atoms with Crippen LogP contribution < -0.4 is 10.6 Å². The zero-order valence-corrected chi connectivity index (χ0v) is 17.3. The van der Waals surface area contributed by atoms with Crippen LogP contribution in [0.3, 0.4) is 0 Å². The fourth-order valence-electron chi connectivity index (χ4n) is 3.57. The second kappa shape index (κ2) is 7.59. The molecular formula is C18H21FN8O2S. The minimum absolute atomic E-state index is 0.184. The lowest BCUT2D eigenvalue weighted by atomic mass is 9.95. The number of nitrogens with zero attached hydrogens (tertiary/aromatic N) is 7. The first-order valence-corrected chi connectivity index (χ1v) is 11.2. The third kappa shape index (κ3) is 3.82. The first-order valence-electron chi connectivity index (χ1n) is 9.33. The van der Waals surface area contributed by atoms with Gasteiger partial charge in [-0.3, -0.25) is 0 Å². The Morgan fingerprint density at radius 1 is 1.13 bits per heavy atom. The van der Waals surface area contributed by atoms with Crippen LogP contribution in [0.25, 0.3) is 11.1 Å². The number of rotatable bonds is 4. The van der Waals surface area contributed by atoms with Gasteiger partial charge in [0, 0.05) is 55.8 Å². The maximum Gasteiger partial charge on any atom is 0.248 e. The van der Waals surface area contributed by atoms with Gasteiger partial charge in [0.1, 0.15) is 11.6 Å². The first kappa shape index (κ1) is 20.1. The molecule has 0 aromatic carbocycles. The van der Waals surface area contributed by atoms with Crippen LogP contribution in [0, 0.1) is 5.95 Å². The van der Waals surface area contributed by atoms with Crippen LogP contribution in [-0.4, -0.2) is 57.5 Å². The molecule has 0 unspecified atom stereocenters. The molecule has 158 valence electrons. The molecule has 1 saturated heterocycles. The average molecular weight is 432 g/mol. The number of nitrogen functional groups attached to an aromatic ring is 1. The summed E-state index contributed by atoms with van der Waals surface area (Å²) < 4.78 is 39.0. The molecule has 30 heavy (non-hydrogen) atoms. The van der Waals surface area contributed by atoms with Crippen molar-refractivity contribution in [2.24, 2.45) is 7.05 Å². The third-order valence-electron chi connectivity index (χ3n) is 5.22. The zero-order valence-electron chi connectivity index (χ0n) is 16.5. The van der Waals surface area contributed by atoms with Gasteiger partial charge < -0.3 is 15.2 Å². The minimum Gasteiger partial charge on any atom is -0.368 e. The molecular weight excluding hydrogens is 411 g/mol. The van der Waals surface area contributed by atoms with Gasteiger partial charge in [0.15, 0.2) is 0 Å². The minimum atomic E-state index is -3.59. The number of aromatic nitrogens is 6. The lowest BCUT2D eigenvalue weighted by molar-refractivity contribution is 0.471. The van der Waals surface area contributed by atoms with Crippen LogP contribution in [0.1, 0.15) is 24.6 Å². The van der Waals surface area contributed by atoms with Gasteiger partial charge in [-0.2, -0.15) is 4.39 Å². The van der Waals surface area contributed by atoms with Gasteiger partial charge in [-0.05, 0) is 25.0 Å². The normalized spacial score (nSPS) is 15.5. The summed E-state index contributed by atoms with van der Waals surface area (Å²) in [6.07, 6.45) is 5.43. The van der Waals surface area contributed by atoms with E-state index in [4.69, 9.17) is 5.73 Å². The van der Waals surface area contributed by atoms with Crippen LogP contribution >= 0.6 is 0 Å². The predicted molar refractivity (Wildman–Crippen MR) is 108 cm³/mol. The number of pyridine rings is 1. The van der Waals surface area contributed by atoms with Crippen LogP contribution in [-0.2, 0) is 16.9 Å². The molecule has 3 aromatic rings. The molecule has 0 spiro atoms. The summed E-state index contributed by atoms with van der Waals surface area (Å²) in [7, 11) is -1.75. The highest BCUT2D eigenvalue weighted by Gasteiger charge is 2.28. The summed E-state index contributed by atoms with van der Waals surface area (Å²) in [6.45, 7) is 1.25. The summed E-state index contributed by atoms with van der Waals surface area (Å²) in [4.78, 5) is 14.0. The largest absolute Gasteiger partial charge is 0.368 e. The van der Waals surface area contributed by atoms with E-state index in [0.29, 0.717) is 36.0 Å². The van der Waals surface area contributed by atoms with Crippen molar-refractivity contribution in [2.45, 2.75) is 23.9 Å². The van der Waals surface area contributed by atoms with Crippen molar-refractivity contribution in [2.75, 3.05) is 30.0 Å². The summed E-state index contributed by atoms with van der Waals surface area (Å²) in [5.41, 5.74) is 6.99. The van der Waals surface area contributed by atoms with Gasteiger partial charge >= 0.3 is 0 Å². The quantitative estimate of drug-likeness (QED) is 0.476. The van der Waals surface area contributed by atoms with Crippen molar-refractivity contribution in [1.29, 1.82) is 0 Å². The van der Waals surface area contributed by atoms with E-state index < -0.39 is 15.8 Å². The van der Waals surface area contributed by atoms with Crippen LogP contribution in [0.5, 0.6) is 0 Å². The first-order chi connectivity index (χ1) is 14.2. The van der Waals surface area contributed by atoms with E-state index in [-0.39, 0.29) is 11.1 Å². The van der Waals surface area contributed by atoms with Crippen LogP contribution in [0.2, 0.25) is 0 Å². The SMILES string of the molecule is Cn1c(N)nnc1C1CCN(c2nc(S(C)(=O)=O)ncc2-c2ccc(F)nc2)CC1. The number of halogens is 1. The Bertz CT molecular complexity index is 1170. The van der Waals surface area contributed by atoms with Gasteiger partial charge in [0.05, 0.1) is 0 Å². The van der Waals surface area contributed by atoms with Crippen molar-refractivity contribution in [3.63, 3.8) is 0 Å². The van der Waals surface area contributed by atoms with Crippen molar-refractivity contribution < 1.29 is 12.8 Å². The molecule has 4 rings (SSSR count). The van der Waals surface area contributed by atoms with E-state index in [1.807, 2.05) is 11.9 Å². The van der Waals surface area contributed by atoms with E-state index in [0.717, 1.165) is 24.9 Å². The number of nitrogens with two attached hydrogens (primary N) is 1. The second-order valence-electron chi connectivity index (χ2n) is 7.27. The molecule has 4 heterocycles. The summed E-state index contributed by atoms with van der Waals surface area (Å²) in [5, 5.41) is 7.85. The lowest BCUT2D eigenvalue weighted by Crippen LogP contribution is -2.35. The van der Waals surface area contributed by atoms with Gasteiger partial charge in [-0.1, -0.05) is 0 Å². The topological polar surface area (TPSA) is 133 Å². The highest BCUT2D eigenvalue weighted by atomic mass is 32.2. The fraction of sp³-hybridized carbons (Fsp3) is 0.389. The van der Waals surface area contributed by atoms with Crippen LogP contribution in [0.4, 0.5) is 16.2 Å². The molecule has 0 aliphatic carbocycles. The van der Waals surface area contributed by atoms with Gasteiger partial charge in [0.2, 0.25) is 26.9 Å². The molecule has 12 heteroatoms. The van der Waals surface area contributed by atoms with Crippen molar-refractivity contribution >= 4 is 21.6 Å². The van der Waals surface area contributed by atoms with Gasteiger partial charge in [-0.15, -0.1) is 10.2 Å². The molecule has 0 amide bonds. The maximum absolute atomic E-state index is 13.3.